The van der Waals surface area contributed by atoms with E-state index >= 15 is 0 Å². The Morgan fingerprint density at radius 3 is 1.94 bits per heavy atom. The molecule has 47 heavy (non-hydrogen) atoms. The van der Waals surface area contributed by atoms with Gasteiger partial charge in [0.25, 0.3) is 0 Å². The van der Waals surface area contributed by atoms with Gasteiger partial charge in [0.1, 0.15) is 30.5 Å². The van der Waals surface area contributed by atoms with Crippen LogP contribution < -0.4 is 20.6 Å². The smallest absolute Gasteiger partial charge is 0.342 e. The lowest BCUT2D eigenvalue weighted by Crippen LogP contribution is -2.47. The van der Waals surface area contributed by atoms with Crippen molar-refractivity contribution in [3.63, 3.8) is 0 Å². The fourth-order valence-corrected chi connectivity index (χ4v) is 6.52. The number of rotatable bonds is 21. The molecule has 2 heterocycles. The Labute approximate surface area is 275 Å². The Kier molecular flexibility index (Phi) is 15.9. The van der Waals surface area contributed by atoms with E-state index in [0.29, 0.717) is 5.52 Å². The lowest BCUT2D eigenvalue weighted by atomic mass is 10.1. The normalized spacial score (nSPS) is 17.1. The number of aromatic nitrogens is 4. The summed E-state index contributed by atoms with van der Waals surface area (Å²) in [5.74, 6) is -1.26. The first kappa shape index (κ1) is 40.3. The number of hydrogen-bond donors (Lipinski definition) is 5. The van der Waals surface area contributed by atoms with Gasteiger partial charge in [0, 0.05) is 0 Å². The number of aliphatic hydroxyl groups is 2. The SMILES string of the molecule is CCOC(=O)C(CC(C)C)NP(=O)(NC(CC(C)C)C(=O)OCC)OC[C@@H](OC(C)n1cnc2c(OC)nc(N)nc21)C(O)C(C)O. The molecule has 6 N–H and O–H groups in total. The zero-order chi connectivity index (χ0) is 35.5. The van der Waals surface area contributed by atoms with Gasteiger partial charge in [0.05, 0.1) is 39.4 Å². The van der Waals surface area contributed by atoms with Crippen LogP contribution in [0.15, 0.2) is 6.33 Å². The Balaban J connectivity index is 2.48. The van der Waals surface area contributed by atoms with E-state index in [1.807, 2.05) is 27.7 Å². The molecule has 0 aliphatic rings. The number of imidazole rings is 1. The topological polar surface area (TPSA) is 232 Å². The van der Waals surface area contributed by atoms with Crippen molar-refractivity contribution in [3.05, 3.63) is 6.33 Å². The van der Waals surface area contributed by atoms with Gasteiger partial charge in [0.15, 0.2) is 11.2 Å². The quantitative estimate of drug-likeness (QED) is 0.0935. The second-order valence-electron chi connectivity index (χ2n) is 11.9. The third-order valence-electron chi connectivity index (χ3n) is 6.87. The molecule has 2 rings (SSSR count). The van der Waals surface area contributed by atoms with Gasteiger partial charge in [-0.3, -0.25) is 18.7 Å². The highest BCUT2D eigenvalue weighted by atomic mass is 31.2. The third-order valence-corrected chi connectivity index (χ3v) is 8.68. The average Bonchev–Trinajstić information content (AvgIpc) is 3.41. The lowest BCUT2D eigenvalue weighted by Gasteiger charge is -2.32. The maximum absolute atomic E-state index is 14.6. The Morgan fingerprint density at radius 2 is 1.49 bits per heavy atom. The van der Waals surface area contributed by atoms with Crippen molar-refractivity contribution in [1.82, 2.24) is 29.7 Å². The first-order chi connectivity index (χ1) is 22.0. The first-order valence-corrected chi connectivity index (χ1v) is 17.4. The number of carbonyl (C=O) groups is 2. The highest BCUT2D eigenvalue weighted by Gasteiger charge is 2.39. The predicted octanol–water partition coefficient (Wildman–Crippen LogP) is 2.32. The molecule has 5 unspecified atom stereocenters. The van der Waals surface area contributed by atoms with Crippen LogP contribution in [0.1, 0.15) is 74.5 Å². The van der Waals surface area contributed by atoms with E-state index in [-0.39, 0.29) is 55.4 Å². The number of anilines is 1. The zero-order valence-corrected chi connectivity index (χ0v) is 29.6. The fraction of sp³-hybridized carbons (Fsp3) is 0.759. The van der Waals surface area contributed by atoms with Crippen molar-refractivity contribution in [2.24, 2.45) is 11.8 Å². The largest absolute Gasteiger partial charge is 0.479 e. The number of ether oxygens (including phenoxy) is 4. The summed E-state index contributed by atoms with van der Waals surface area (Å²) in [6.45, 7) is 13.4. The summed E-state index contributed by atoms with van der Waals surface area (Å²) in [7, 11) is -2.92. The maximum atomic E-state index is 14.6. The summed E-state index contributed by atoms with van der Waals surface area (Å²) in [6.07, 6.45) is -3.12. The summed E-state index contributed by atoms with van der Waals surface area (Å²) in [5, 5.41) is 26.8. The monoisotopic (exact) mass is 689 g/mol. The fourth-order valence-electron chi connectivity index (χ4n) is 4.69. The number of methoxy groups -OCH3 is 1. The molecule has 0 aromatic carbocycles. The molecular formula is C29H52N7O10P. The van der Waals surface area contributed by atoms with Crippen LogP contribution in [0.3, 0.4) is 0 Å². The number of carbonyl (C=O) groups excluding carboxylic acids is 2. The summed E-state index contributed by atoms with van der Waals surface area (Å²) in [6, 6.07) is -2.15. The molecule has 0 bridgehead atoms. The van der Waals surface area contributed by atoms with Gasteiger partial charge in [-0.25, -0.2) is 15.2 Å². The number of nitrogens with zero attached hydrogens (tertiary/aromatic N) is 4. The number of nitrogen functional groups attached to an aromatic ring is 1. The van der Waals surface area contributed by atoms with E-state index in [1.165, 1.54) is 24.9 Å². The molecule has 0 fully saturated rings. The van der Waals surface area contributed by atoms with Crippen molar-refractivity contribution < 1.29 is 47.8 Å². The molecule has 2 aromatic heterocycles. The molecule has 0 spiro atoms. The molecule has 0 aliphatic carbocycles. The predicted molar refractivity (Wildman–Crippen MR) is 173 cm³/mol. The Hall–Kier alpha value is -2.92. The van der Waals surface area contributed by atoms with Crippen LogP contribution in [0.5, 0.6) is 5.88 Å². The van der Waals surface area contributed by atoms with Crippen molar-refractivity contribution >= 4 is 36.7 Å². The van der Waals surface area contributed by atoms with Gasteiger partial charge < -0.3 is 39.4 Å². The van der Waals surface area contributed by atoms with E-state index in [9.17, 15) is 24.4 Å². The summed E-state index contributed by atoms with van der Waals surface area (Å²) in [5.41, 5.74) is 6.43. The number of aliphatic hydroxyl groups excluding tert-OH is 2. The molecule has 6 atom stereocenters. The van der Waals surface area contributed by atoms with E-state index in [0.717, 1.165) is 0 Å². The molecule has 18 heteroatoms. The number of fused-ring (bicyclic) bond motifs is 1. The van der Waals surface area contributed by atoms with E-state index in [2.05, 4.69) is 25.1 Å². The highest BCUT2D eigenvalue weighted by molar-refractivity contribution is 7.54. The number of nitrogens with one attached hydrogen (secondary N) is 2. The standard InChI is InChI=1S/C29H52N7O10P/c1-10-43-27(39)20(12-16(3)4)34-47(41,35-21(13-17(5)6)28(40)44-11-2)45-14-22(24(38)18(7)37)46-19(8)36-15-31-23-25(36)32-29(30)33-26(23)42-9/h15-22,24,37-38H,10-14H2,1-9H3,(H2,30,32,33)(H2,34,35,41)/t18?,19?,20?,21?,22-,24?,47?/m1/s1. The van der Waals surface area contributed by atoms with Gasteiger partial charge >= 0.3 is 19.6 Å². The number of nitrogens with two attached hydrogens (primary N) is 1. The van der Waals surface area contributed by atoms with Crippen LogP contribution in [0.2, 0.25) is 0 Å². The molecule has 2 aromatic rings. The molecule has 0 saturated carbocycles. The van der Waals surface area contributed by atoms with Crippen molar-refractivity contribution in [3.8, 4) is 5.88 Å². The summed E-state index contributed by atoms with van der Waals surface area (Å²) >= 11 is 0. The molecule has 0 saturated heterocycles. The van der Waals surface area contributed by atoms with Crippen LogP contribution in [0.25, 0.3) is 11.2 Å². The minimum absolute atomic E-state index is 0.0164. The van der Waals surface area contributed by atoms with E-state index < -0.39 is 62.8 Å². The van der Waals surface area contributed by atoms with Crippen LogP contribution in [0, 0.1) is 11.8 Å². The van der Waals surface area contributed by atoms with Gasteiger partial charge in [-0.05, 0) is 52.4 Å². The lowest BCUT2D eigenvalue weighted by molar-refractivity contribution is -0.146. The average molecular weight is 690 g/mol. The Morgan fingerprint density at radius 1 is 0.957 bits per heavy atom. The second kappa shape index (κ2) is 18.6. The molecule has 0 amide bonds. The first-order valence-electron chi connectivity index (χ1n) is 15.7. The van der Waals surface area contributed by atoms with Crippen LogP contribution in [0.4, 0.5) is 5.95 Å². The minimum Gasteiger partial charge on any atom is -0.479 e. The zero-order valence-electron chi connectivity index (χ0n) is 28.7. The van der Waals surface area contributed by atoms with Gasteiger partial charge in [0.2, 0.25) is 11.8 Å². The molecule has 17 nitrogen and oxygen atoms in total. The molecule has 0 radical (unpaired) electrons. The van der Waals surface area contributed by atoms with Crippen molar-refractivity contribution in [2.45, 2.75) is 105 Å². The van der Waals surface area contributed by atoms with E-state index in [1.54, 1.807) is 20.8 Å². The van der Waals surface area contributed by atoms with Gasteiger partial charge in [-0.15, -0.1) is 0 Å². The van der Waals surface area contributed by atoms with Crippen LogP contribution in [-0.4, -0.2) is 99.0 Å². The third kappa shape index (κ3) is 11.9. The van der Waals surface area contributed by atoms with E-state index in [4.69, 9.17) is 29.2 Å². The van der Waals surface area contributed by atoms with Crippen molar-refractivity contribution in [1.29, 1.82) is 0 Å². The van der Waals surface area contributed by atoms with Crippen molar-refractivity contribution in [2.75, 3.05) is 32.7 Å². The number of esters is 2. The second-order valence-corrected chi connectivity index (χ2v) is 13.8. The maximum Gasteiger partial charge on any atom is 0.342 e. The van der Waals surface area contributed by atoms with Gasteiger partial charge in [-0.2, -0.15) is 9.97 Å². The Bertz CT molecular complexity index is 1300. The van der Waals surface area contributed by atoms with Crippen LogP contribution >= 0.6 is 7.67 Å². The van der Waals surface area contributed by atoms with Crippen LogP contribution in [-0.2, 0) is 32.9 Å². The summed E-state index contributed by atoms with van der Waals surface area (Å²) < 4.78 is 43.9. The number of hydrogen-bond acceptors (Lipinski definition) is 14. The molecule has 0 aliphatic heterocycles. The molecule has 268 valence electrons. The minimum atomic E-state index is -4.33. The molecular weight excluding hydrogens is 637 g/mol. The highest BCUT2D eigenvalue weighted by Crippen LogP contribution is 2.41. The summed E-state index contributed by atoms with van der Waals surface area (Å²) in [4.78, 5) is 38.4. The van der Waals surface area contributed by atoms with Gasteiger partial charge in [-0.1, -0.05) is 27.7 Å².